The van der Waals surface area contributed by atoms with Gasteiger partial charge in [-0.05, 0) is 55.0 Å². The van der Waals surface area contributed by atoms with E-state index in [0.29, 0.717) is 34.8 Å². The van der Waals surface area contributed by atoms with Crippen molar-refractivity contribution < 1.29 is 14.3 Å². The molecule has 1 heterocycles. The summed E-state index contributed by atoms with van der Waals surface area (Å²) in [5.41, 5.74) is 2.05. The average molecular weight is 456 g/mol. The lowest BCUT2D eigenvalue weighted by Crippen LogP contribution is -2.28. The van der Waals surface area contributed by atoms with Gasteiger partial charge in [-0.3, -0.25) is 14.2 Å². The summed E-state index contributed by atoms with van der Waals surface area (Å²) in [4.78, 5) is 29.7. The Kier molecular flexibility index (Phi) is 7.03. The standard InChI is InChI=1S/C27H25N3O4/c1-3-28-26(31)18-34-23-15-13-19(17-24(23)33-2)14-16-25-29-22-12-8-7-11-21(22)27(32)30(25)20-9-5-4-6-10-20/h4-17H,3,18H2,1-2H3,(H,28,31). The molecule has 0 fully saturated rings. The van der Waals surface area contributed by atoms with Gasteiger partial charge in [-0.2, -0.15) is 0 Å². The van der Waals surface area contributed by atoms with E-state index in [2.05, 4.69) is 5.32 Å². The largest absolute Gasteiger partial charge is 0.493 e. The number of nitrogens with zero attached hydrogens (tertiary/aromatic N) is 2. The Labute approximate surface area is 197 Å². The van der Waals surface area contributed by atoms with Crippen LogP contribution in [-0.2, 0) is 4.79 Å². The van der Waals surface area contributed by atoms with Crippen LogP contribution in [0, 0.1) is 0 Å². The Morgan fingerprint density at radius 1 is 1.00 bits per heavy atom. The zero-order valence-corrected chi connectivity index (χ0v) is 19.0. The van der Waals surface area contributed by atoms with E-state index >= 15 is 0 Å². The van der Waals surface area contributed by atoms with Crippen LogP contribution in [-0.4, -0.2) is 35.7 Å². The fraction of sp³-hybridized carbons (Fsp3) is 0.148. The number of hydrogen-bond acceptors (Lipinski definition) is 5. The molecule has 0 atom stereocenters. The van der Waals surface area contributed by atoms with Crippen molar-refractivity contribution in [3.8, 4) is 17.2 Å². The summed E-state index contributed by atoms with van der Waals surface area (Å²) in [6.45, 7) is 2.30. The van der Waals surface area contributed by atoms with Gasteiger partial charge in [0.1, 0.15) is 5.82 Å². The first-order valence-electron chi connectivity index (χ1n) is 10.9. The quantitative estimate of drug-likeness (QED) is 0.433. The van der Waals surface area contributed by atoms with Crippen LogP contribution in [0.15, 0.2) is 77.6 Å². The Bertz CT molecular complexity index is 1390. The summed E-state index contributed by atoms with van der Waals surface area (Å²) in [6.07, 6.45) is 3.65. The van der Waals surface area contributed by atoms with E-state index in [1.165, 1.54) is 0 Å². The van der Waals surface area contributed by atoms with E-state index in [1.807, 2.05) is 67.6 Å². The van der Waals surface area contributed by atoms with Crippen LogP contribution in [0.1, 0.15) is 18.3 Å². The van der Waals surface area contributed by atoms with Crippen molar-refractivity contribution in [2.45, 2.75) is 6.92 Å². The van der Waals surface area contributed by atoms with Gasteiger partial charge in [-0.15, -0.1) is 0 Å². The van der Waals surface area contributed by atoms with Gasteiger partial charge in [0, 0.05) is 6.54 Å². The third kappa shape index (κ3) is 4.99. The lowest BCUT2D eigenvalue weighted by atomic mass is 10.1. The first kappa shape index (κ1) is 22.8. The van der Waals surface area contributed by atoms with Crippen LogP contribution < -0.4 is 20.3 Å². The monoisotopic (exact) mass is 455 g/mol. The van der Waals surface area contributed by atoms with E-state index < -0.39 is 0 Å². The minimum Gasteiger partial charge on any atom is -0.493 e. The second-order valence-electron chi connectivity index (χ2n) is 7.45. The van der Waals surface area contributed by atoms with Gasteiger partial charge in [0.25, 0.3) is 11.5 Å². The SMILES string of the molecule is CCNC(=O)COc1ccc(C=Cc2nc3ccccc3c(=O)n2-c2ccccc2)cc1OC. The Morgan fingerprint density at radius 2 is 1.76 bits per heavy atom. The van der Waals surface area contributed by atoms with Gasteiger partial charge < -0.3 is 14.8 Å². The second-order valence-corrected chi connectivity index (χ2v) is 7.45. The molecule has 1 N–H and O–H groups in total. The van der Waals surface area contributed by atoms with E-state index in [0.717, 1.165) is 11.3 Å². The van der Waals surface area contributed by atoms with E-state index in [-0.39, 0.29) is 18.1 Å². The molecule has 7 heteroatoms. The smallest absolute Gasteiger partial charge is 0.266 e. The summed E-state index contributed by atoms with van der Waals surface area (Å²) in [6, 6.07) is 22.1. The number of carbonyl (C=O) groups is 1. The molecule has 3 aromatic carbocycles. The first-order valence-corrected chi connectivity index (χ1v) is 10.9. The number of hydrogen-bond donors (Lipinski definition) is 1. The number of methoxy groups -OCH3 is 1. The number of para-hydroxylation sites is 2. The number of carbonyl (C=O) groups excluding carboxylic acids is 1. The molecule has 4 aromatic rings. The lowest BCUT2D eigenvalue weighted by Gasteiger charge is -2.12. The number of rotatable bonds is 8. The Hall–Kier alpha value is -4.39. The van der Waals surface area contributed by atoms with Crippen molar-refractivity contribution >= 4 is 29.0 Å². The minimum absolute atomic E-state index is 0.0935. The molecule has 34 heavy (non-hydrogen) atoms. The van der Waals surface area contributed by atoms with Gasteiger partial charge in [0.05, 0.1) is 23.7 Å². The molecule has 0 bridgehead atoms. The molecule has 4 rings (SSSR count). The van der Waals surface area contributed by atoms with Crippen molar-refractivity contribution in [3.63, 3.8) is 0 Å². The van der Waals surface area contributed by atoms with E-state index in [1.54, 1.807) is 36.0 Å². The second kappa shape index (κ2) is 10.5. The molecule has 1 amide bonds. The highest BCUT2D eigenvalue weighted by atomic mass is 16.5. The highest BCUT2D eigenvalue weighted by molar-refractivity contribution is 5.80. The summed E-state index contributed by atoms with van der Waals surface area (Å²) in [5.74, 6) is 1.27. The highest BCUT2D eigenvalue weighted by Crippen LogP contribution is 2.29. The third-order valence-electron chi connectivity index (χ3n) is 5.16. The third-order valence-corrected chi connectivity index (χ3v) is 5.16. The summed E-state index contributed by atoms with van der Waals surface area (Å²) in [5, 5.41) is 3.24. The van der Waals surface area contributed by atoms with Gasteiger partial charge in [-0.1, -0.05) is 42.5 Å². The first-order chi connectivity index (χ1) is 16.6. The van der Waals surface area contributed by atoms with Gasteiger partial charge in [-0.25, -0.2) is 4.98 Å². The van der Waals surface area contributed by atoms with Crippen LogP contribution in [0.3, 0.4) is 0 Å². The van der Waals surface area contributed by atoms with Crippen molar-refractivity contribution in [1.82, 2.24) is 14.9 Å². The zero-order valence-electron chi connectivity index (χ0n) is 19.0. The van der Waals surface area contributed by atoms with E-state index in [4.69, 9.17) is 14.5 Å². The fourth-order valence-corrected chi connectivity index (χ4v) is 3.56. The highest BCUT2D eigenvalue weighted by Gasteiger charge is 2.11. The summed E-state index contributed by atoms with van der Waals surface area (Å²) < 4.78 is 12.6. The predicted octanol–water partition coefficient (Wildman–Crippen LogP) is 4.08. The van der Waals surface area contributed by atoms with Gasteiger partial charge in [0.15, 0.2) is 18.1 Å². The van der Waals surface area contributed by atoms with Crippen LogP contribution in [0.25, 0.3) is 28.7 Å². The zero-order chi connectivity index (χ0) is 23.9. The molecule has 0 saturated heterocycles. The van der Waals surface area contributed by atoms with Crippen LogP contribution in [0.2, 0.25) is 0 Å². The Balaban J connectivity index is 1.70. The van der Waals surface area contributed by atoms with Crippen molar-refractivity contribution in [3.05, 3.63) is 94.5 Å². The number of aromatic nitrogens is 2. The summed E-state index contributed by atoms with van der Waals surface area (Å²) in [7, 11) is 1.54. The van der Waals surface area contributed by atoms with Crippen molar-refractivity contribution in [2.24, 2.45) is 0 Å². The molecule has 0 aliphatic carbocycles. The molecule has 0 spiro atoms. The molecule has 0 aliphatic heterocycles. The number of fused-ring (bicyclic) bond motifs is 1. The molecule has 172 valence electrons. The number of amides is 1. The van der Waals surface area contributed by atoms with Crippen LogP contribution in [0.5, 0.6) is 11.5 Å². The number of likely N-dealkylation sites (N-methyl/N-ethyl adjacent to an activating group) is 1. The van der Waals surface area contributed by atoms with Crippen molar-refractivity contribution in [1.29, 1.82) is 0 Å². The van der Waals surface area contributed by atoms with Gasteiger partial charge in [0.2, 0.25) is 0 Å². The molecule has 0 saturated carbocycles. The topological polar surface area (TPSA) is 82.5 Å². The van der Waals surface area contributed by atoms with E-state index in [9.17, 15) is 9.59 Å². The Morgan fingerprint density at radius 3 is 2.53 bits per heavy atom. The fourth-order valence-electron chi connectivity index (χ4n) is 3.56. The maximum absolute atomic E-state index is 13.3. The normalized spacial score (nSPS) is 11.0. The number of ether oxygens (including phenoxy) is 2. The molecule has 0 unspecified atom stereocenters. The van der Waals surface area contributed by atoms with Crippen LogP contribution in [0.4, 0.5) is 0 Å². The molecule has 1 aromatic heterocycles. The lowest BCUT2D eigenvalue weighted by molar-refractivity contribution is -0.123. The minimum atomic E-state index is -0.199. The van der Waals surface area contributed by atoms with Crippen molar-refractivity contribution in [2.75, 3.05) is 20.3 Å². The molecular weight excluding hydrogens is 430 g/mol. The maximum Gasteiger partial charge on any atom is 0.266 e. The number of nitrogens with one attached hydrogen (secondary N) is 1. The molecule has 0 radical (unpaired) electrons. The maximum atomic E-state index is 13.3. The summed E-state index contributed by atoms with van der Waals surface area (Å²) >= 11 is 0. The molecular formula is C27H25N3O4. The van der Waals surface area contributed by atoms with Gasteiger partial charge >= 0.3 is 0 Å². The molecule has 7 nitrogen and oxygen atoms in total. The van der Waals surface area contributed by atoms with Crippen LogP contribution >= 0.6 is 0 Å². The predicted molar refractivity (Wildman–Crippen MR) is 133 cm³/mol. The average Bonchev–Trinajstić information content (AvgIpc) is 2.87. The molecule has 0 aliphatic rings. The number of benzene rings is 3.